The van der Waals surface area contributed by atoms with Gasteiger partial charge in [-0.15, -0.1) is 0 Å². The van der Waals surface area contributed by atoms with E-state index in [1.807, 2.05) is 48.5 Å². The van der Waals surface area contributed by atoms with Gasteiger partial charge in [0.1, 0.15) is 0 Å². The smallest absolute Gasteiger partial charge is 0.238 e. The van der Waals surface area contributed by atoms with E-state index in [1.165, 1.54) is 0 Å². The molecule has 1 aliphatic heterocycles. The summed E-state index contributed by atoms with van der Waals surface area (Å²) in [4.78, 5) is 28.1. The van der Waals surface area contributed by atoms with Crippen LogP contribution in [0.2, 0.25) is 0 Å². The lowest BCUT2D eigenvalue weighted by Crippen LogP contribution is -2.48. The fourth-order valence-corrected chi connectivity index (χ4v) is 3.41. The molecule has 2 aromatic carbocycles. The van der Waals surface area contributed by atoms with Crippen LogP contribution in [-0.2, 0) is 4.79 Å². The third-order valence-electron chi connectivity index (χ3n) is 4.53. The van der Waals surface area contributed by atoms with Crippen LogP contribution < -0.4 is 10.2 Å². The number of Topliss-reactive ketones (excluding diaryl/α,β-unsaturated/α-hetero) is 1. The first-order chi connectivity index (χ1) is 12.5. The van der Waals surface area contributed by atoms with Crippen molar-refractivity contribution in [1.82, 2.24) is 4.90 Å². The summed E-state index contributed by atoms with van der Waals surface area (Å²) in [6, 6.07) is 15.3. The van der Waals surface area contributed by atoms with E-state index in [2.05, 4.69) is 31.0 Å². The van der Waals surface area contributed by atoms with E-state index >= 15 is 0 Å². The molecule has 1 heterocycles. The Labute approximate surface area is 162 Å². The molecule has 1 aliphatic rings. The zero-order valence-corrected chi connectivity index (χ0v) is 16.3. The molecule has 0 unspecified atom stereocenters. The summed E-state index contributed by atoms with van der Waals surface area (Å²) in [7, 11) is 0. The van der Waals surface area contributed by atoms with Gasteiger partial charge < -0.3 is 10.2 Å². The molecule has 0 aromatic heterocycles. The molecule has 26 heavy (non-hydrogen) atoms. The minimum atomic E-state index is -0.00355. The number of amides is 1. The highest BCUT2D eigenvalue weighted by atomic mass is 79.9. The van der Waals surface area contributed by atoms with E-state index in [4.69, 9.17) is 0 Å². The number of rotatable bonds is 5. The fourth-order valence-electron chi connectivity index (χ4n) is 3.03. The fraction of sp³-hybridized carbons (Fsp3) is 0.300. The van der Waals surface area contributed by atoms with Crippen LogP contribution in [0.5, 0.6) is 0 Å². The quantitative estimate of drug-likeness (QED) is 0.760. The van der Waals surface area contributed by atoms with Gasteiger partial charge in [-0.1, -0.05) is 12.1 Å². The van der Waals surface area contributed by atoms with Crippen molar-refractivity contribution in [3.8, 4) is 0 Å². The van der Waals surface area contributed by atoms with E-state index in [-0.39, 0.29) is 11.7 Å². The molecule has 2 aromatic rings. The number of carbonyl (C=O) groups excluding carboxylic acids is 2. The van der Waals surface area contributed by atoms with Gasteiger partial charge in [0.2, 0.25) is 5.91 Å². The Hall–Kier alpha value is -2.18. The lowest BCUT2D eigenvalue weighted by atomic mass is 10.1. The molecule has 5 nitrogen and oxygen atoms in total. The van der Waals surface area contributed by atoms with Crippen LogP contribution in [0.15, 0.2) is 53.0 Å². The van der Waals surface area contributed by atoms with Gasteiger partial charge >= 0.3 is 0 Å². The highest BCUT2D eigenvalue weighted by molar-refractivity contribution is 9.10. The molecule has 0 aliphatic carbocycles. The predicted molar refractivity (Wildman–Crippen MR) is 108 cm³/mol. The van der Waals surface area contributed by atoms with Crippen LogP contribution in [0.3, 0.4) is 0 Å². The molecule has 1 fully saturated rings. The zero-order valence-electron chi connectivity index (χ0n) is 14.7. The van der Waals surface area contributed by atoms with Crippen LogP contribution in [0, 0.1) is 0 Å². The Balaban J connectivity index is 1.49. The number of halogens is 1. The Morgan fingerprint density at radius 2 is 1.65 bits per heavy atom. The molecule has 6 heteroatoms. The summed E-state index contributed by atoms with van der Waals surface area (Å²) in [6.45, 7) is 5.35. The molecule has 0 bridgehead atoms. The van der Waals surface area contributed by atoms with Crippen LogP contribution in [0.4, 0.5) is 11.4 Å². The highest BCUT2D eigenvalue weighted by Crippen LogP contribution is 2.21. The second kappa shape index (κ2) is 8.47. The summed E-state index contributed by atoms with van der Waals surface area (Å²) in [5.41, 5.74) is 2.64. The van der Waals surface area contributed by atoms with Gasteiger partial charge in [-0.2, -0.15) is 0 Å². The van der Waals surface area contributed by atoms with Crippen molar-refractivity contribution < 1.29 is 9.59 Å². The summed E-state index contributed by atoms with van der Waals surface area (Å²) in [6.07, 6.45) is 0. The van der Waals surface area contributed by atoms with Crippen molar-refractivity contribution in [2.75, 3.05) is 42.9 Å². The van der Waals surface area contributed by atoms with Gasteiger partial charge in [-0.25, -0.2) is 0 Å². The van der Waals surface area contributed by atoms with Crippen molar-refractivity contribution in [3.05, 3.63) is 58.6 Å². The second-order valence-corrected chi connectivity index (χ2v) is 7.25. The number of benzene rings is 2. The average molecular weight is 416 g/mol. The van der Waals surface area contributed by atoms with Gasteiger partial charge in [-0.3, -0.25) is 14.5 Å². The van der Waals surface area contributed by atoms with Crippen molar-refractivity contribution in [3.63, 3.8) is 0 Å². The number of carbonyl (C=O) groups is 2. The van der Waals surface area contributed by atoms with Gasteiger partial charge in [-0.05, 0) is 59.3 Å². The van der Waals surface area contributed by atoms with E-state index < -0.39 is 0 Å². The summed E-state index contributed by atoms with van der Waals surface area (Å²) in [5.74, 6) is 0.0774. The Morgan fingerprint density at radius 1 is 1.00 bits per heavy atom. The number of piperazine rings is 1. The summed E-state index contributed by atoms with van der Waals surface area (Å²) in [5, 5.41) is 2.94. The molecule has 1 saturated heterocycles. The molecule has 1 N–H and O–H groups in total. The van der Waals surface area contributed by atoms with E-state index in [0.29, 0.717) is 6.54 Å². The Morgan fingerprint density at radius 3 is 2.27 bits per heavy atom. The third kappa shape index (κ3) is 4.71. The maximum absolute atomic E-state index is 12.3. The third-order valence-corrected chi connectivity index (χ3v) is 5.22. The number of hydrogen-bond acceptors (Lipinski definition) is 4. The van der Waals surface area contributed by atoms with Crippen molar-refractivity contribution in [1.29, 1.82) is 0 Å². The Bertz CT molecular complexity index is 784. The molecule has 136 valence electrons. The topological polar surface area (TPSA) is 52.7 Å². The highest BCUT2D eigenvalue weighted by Gasteiger charge is 2.19. The zero-order chi connectivity index (χ0) is 18.5. The molecule has 0 atom stereocenters. The molecule has 0 radical (unpaired) electrons. The first-order valence-corrected chi connectivity index (χ1v) is 9.45. The first kappa shape index (κ1) is 18.6. The lowest BCUT2D eigenvalue weighted by molar-refractivity contribution is -0.117. The first-order valence-electron chi connectivity index (χ1n) is 8.65. The maximum Gasteiger partial charge on any atom is 0.238 e. The van der Waals surface area contributed by atoms with Crippen LogP contribution in [0.1, 0.15) is 17.3 Å². The number of para-hydroxylation sites is 1. The van der Waals surface area contributed by atoms with Gasteiger partial charge in [0.05, 0.1) is 12.2 Å². The van der Waals surface area contributed by atoms with Crippen molar-refractivity contribution in [2.45, 2.75) is 6.92 Å². The Kier molecular flexibility index (Phi) is 6.06. The molecule has 3 rings (SSSR count). The lowest BCUT2D eigenvalue weighted by Gasteiger charge is -2.35. The van der Waals surface area contributed by atoms with Gasteiger partial charge in [0.15, 0.2) is 5.78 Å². The number of hydrogen-bond donors (Lipinski definition) is 1. The monoisotopic (exact) mass is 415 g/mol. The minimum Gasteiger partial charge on any atom is -0.369 e. The van der Waals surface area contributed by atoms with Gasteiger partial charge in [0.25, 0.3) is 0 Å². The molecular weight excluding hydrogens is 394 g/mol. The average Bonchev–Trinajstić information content (AvgIpc) is 2.64. The normalized spacial score (nSPS) is 14.9. The van der Waals surface area contributed by atoms with E-state index in [0.717, 1.165) is 47.6 Å². The van der Waals surface area contributed by atoms with Crippen LogP contribution >= 0.6 is 15.9 Å². The van der Waals surface area contributed by atoms with E-state index in [1.54, 1.807) is 6.92 Å². The van der Waals surface area contributed by atoms with E-state index in [9.17, 15) is 9.59 Å². The predicted octanol–water partition coefficient (Wildman–Crippen LogP) is 3.41. The van der Waals surface area contributed by atoms with Crippen molar-refractivity contribution in [2.24, 2.45) is 0 Å². The van der Waals surface area contributed by atoms with Crippen LogP contribution in [-0.4, -0.2) is 49.3 Å². The van der Waals surface area contributed by atoms with Gasteiger partial charge in [0, 0.05) is 41.9 Å². The molecule has 0 saturated carbocycles. The SMILES string of the molecule is CC(=O)c1ccc(N2CCN(CC(=O)Nc3ccccc3Br)CC2)cc1. The largest absolute Gasteiger partial charge is 0.369 e. The number of ketones is 1. The second-order valence-electron chi connectivity index (χ2n) is 6.39. The summed E-state index contributed by atoms with van der Waals surface area (Å²) < 4.78 is 0.882. The number of nitrogens with one attached hydrogen (secondary N) is 1. The molecule has 0 spiro atoms. The van der Waals surface area contributed by atoms with Crippen molar-refractivity contribution >= 4 is 39.0 Å². The van der Waals surface area contributed by atoms with Crippen LogP contribution in [0.25, 0.3) is 0 Å². The number of nitrogens with zero attached hydrogens (tertiary/aromatic N) is 2. The maximum atomic E-state index is 12.3. The standard InChI is InChI=1S/C20H22BrN3O2/c1-15(25)16-6-8-17(9-7-16)24-12-10-23(11-13-24)14-20(26)22-19-5-3-2-4-18(19)21/h2-9H,10-14H2,1H3,(H,22,26). The minimum absolute atomic E-state index is 0.00355. The summed E-state index contributed by atoms with van der Waals surface area (Å²) >= 11 is 3.44. The molecular formula is C20H22BrN3O2. The number of anilines is 2. The molecule has 1 amide bonds.